The van der Waals surface area contributed by atoms with Gasteiger partial charge in [0.05, 0.1) is 44.2 Å². The summed E-state index contributed by atoms with van der Waals surface area (Å²) in [6.07, 6.45) is -0.744. The van der Waals surface area contributed by atoms with Gasteiger partial charge in [-0.15, -0.1) is 0 Å². The van der Waals surface area contributed by atoms with E-state index in [0.29, 0.717) is 11.1 Å². The van der Waals surface area contributed by atoms with Crippen LogP contribution in [0.3, 0.4) is 0 Å². The van der Waals surface area contributed by atoms with Gasteiger partial charge in [0.2, 0.25) is 0 Å². The van der Waals surface area contributed by atoms with Crippen LogP contribution in [-0.4, -0.2) is 66.4 Å². The maximum absolute atomic E-state index is 10.7. The Balaban J connectivity index is 0.000000547. The summed E-state index contributed by atoms with van der Waals surface area (Å²) in [6, 6.07) is 5.79. The second-order valence-corrected chi connectivity index (χ2v) is 8.89. The number of aliphatic hydroxyl groups excluding tert-OH is 4. The van der Waals surface area contributed by atoms with E-state index in [1.54, 1.807) is 0 Å². The van der Waals surface area contributed by atoms with Gasteiger partial charge in [-0.3, -0.25) is 9.13 Å². The smallest absolute Gasteiger partial charge is 0.329 e. The minimum Gasteiger partial charge on any atom is -0.396 e. The molecule has 0 aliphatic carbocycles. The van der Waals surface area contributed by atoms with Crippen LogP contribution in [0.15, 0.2) is 24.3 Å². The van der Waals surface area contributed by atoms with E-state index in [1.165, 1.54) is 24.3 Å². The fourth-order valence-electron chi connectivity index (χ4n) is 1.53. The van der Waals surface area contributed by atoms with E-state index in [1.807, 2.05) is 0 Å². The summed E-state index contributed by atoms with van der Waals surface area (Å²) in [7, 11) is -8.19. The van der Waals surface area contributed by atoms with Crippen molar-refractivity contribution >= 4 is 15.2 Å². The van der Waals surface area contributed by atoms with Gasteiger partial charge in [-0.2, -0.15) is 0 Å². The number of benzene rings is 1. The molecule has 1 aromatic carbocycles. The molecular formula is C13H24O10P2. The average Bonchev–Trinajstić information content (AvgIpc) is 2.50. The van der Waals surface area contributed by atoms with Crippen LogP contribution in [0.1, 0.15) is 11.1 Å². The van der Waals surface area contributed by atoms with Crippen molar-refractivity contribution in [3.8, 4) is 0 Å². The Hall–Kier alpha value is -0.640. The molecule has 1 rings (SSSR count). The molecule has 0 atom stereocenters. The van der Waals surface area contributed by atoms with E-state index in [2.05, 4.69) is 0 Å². The summed E-state index contributed by atoms with van der Waals surface area (Å²) < 4.78 is 21.4. The van der Waals surface area contributed by atoms with Crippen LogP contribution in [0.25, 0.3) is 0 Å². The summed E-state index contributed by atoms with van der Waals surface area (Å²) >= 11 is 0. The molecule has 0 saturated heterocycles. The van der Waals surface area contributed by atoms with Gasteiger partial charge < -0.3 is 40.0 Å². The van der Waals surface area contributed by atoms with Gasteiger partial charge in [-0.1, -0.05) is 24.3 Å². The minimum atomic E-state index is -4.10. The quantitative estimate of drug-likeness (QED) is 0.249. The summed E-state index contributed by atoms with van der Waals surface area (Å²) in [5.41, 5.74) is -0.245. The van der Waals surface area contributed by atoms with Crippen LogP contribution >= 0.6 is 15.2 Å². The highest BCUT2D eigenvalue weighted by Gasteiger charge is 2.26. The van der Waals surface area contributed by atoms with Gasteiger partial charge in [0.1, 0.15) is 0 Å². The SMILES string of the molecule is O=P(O)(O)Cc1ccc(CP(=O)(O)O)cc1.OCC(CO)(CO)CO. The molecule has 0 aliphatic heterocycles. The van der Waals surface area contributed by atoms with Crippen molar-refractivity contribution in [2.75, 3.05) is 26.4 Å². The second kappa shape index (κ2) is 10.5. The predicted octanol–water partition coefficient (Wildman–Crippen LogP) is -1.02. The summed E-state index contributed by atoms with van der Waals surface area (Å²) in [6.45, 7) is -1.62. The first kappa shape index (κ1) is 24.4. The summed E-state index contributed by atoms with van der Waals surface area (Å²) in [5, 5.41) is 34.0. The van der Waals surface area contributed by atoms with Gasteiger partial charge in [0.25, 0.3) is 0 Å². The first-order valence-corrected chi connectivity index (χ1v) is 10.6. The lowest BCUT2D eigenvalue weighted by atomic mass is 9.93. The Morgan fingerprint density at radius 1 is 0.640 bits per heavy atom. The van der Waals surface area contributed by atoms with Crippen molar-refractivity contribution in [3.63, 3.8) is 0 Å². The summed E-state index contributed by atoms with van der Waals surface area (Å²) in [5.74, 6) is 0. The molecule has 0 heterocycles. The number of rotatable bonds is 8. The highest BCUT2D eigenvalue weighted by atomic mass is 31.2. The van der Waals surface area contributed by atoms with E-state index in [9.17, 15) is 9.13 Å². The van der Waals surface area contributed by atoms with Gasteiger partial charge in [0, 0.05) is 0 Å². The molecule has 1 aromatic rings. The normalized spacial score (nSPS) is 12.5. The molecule has 0 amide bonds. The van der Waals surface area contributed by atoms with Crippen LogP contribution < -0.4 is 0 Å². The third-order valence-corrected chi connectivity index (χ3v) is 4.70. The molecule has 25 heavy (non-hydrogen) atoms. The highest BCUT2D eigenvalue weighted by Crippen LogP contribution is 2.41. The van der Waals surface area contributed by atoms with E-state index < -0.39 is 47.0 Å². The van der Waals surface area contributed by atoms with Gasteiger partial charge >= 0.3 is 15.2 Å². The van der Waals surface area contributed by atoms with Gasteiger partial charge in [-0.25, -0.2) is 0 Å². The highest BCUT2D eigenvalue weighted by molar-refractivity contribution is 7.51. The van der Waals surface area contributed by atoms with Crippen LogP contribution in [0.5, 0.6) is 0 Å². The van der Waals surface area contributed by atoms with E-state index in [-0.39, 0.29) is 12.3 Å². The third-order valence-electron chi connectivity index (χ3n) is 3.14. The van der Waals surface area contributed by atoms with Crippen molar-refractivity contribution in [2.24, 2.45) is 5.41 Å². The van der Waals surface area contributed by atoms with E-state index >= 15 is 0 Å². The molecule has 8 N–H and O–H groups in total. The predicted molar refractivity (Wildman–Crippen MR) is 88.7 cm³/mol. The molecule has 0 radical (unpaired) electrons. The van der Waals surface area contributed by atoms with Crippen molar-refractivity contribution < 1.29 is 49.1 Å². The molecule has 12 heteroatoms. The molecule has 0 aromatic heterocycles. The zero-order valence-electron chi connectivity index (χ0n) is 13.3. The number of hydrogen-bond donors (Lipinski definition) is 8. The van der Waals surface area contributed by atoms with Crippen LogP contribution in [0.2, 0.25) is 0 Å². The van der Waals surface area contributed by atoms with Crippen molar-refractivity contribution in [2.45, 2.75) is 12.3 Å². The molecule has 10 nitrogen and oxygen atoms in total. The first-order chi connectivity index (χ1) is 11.4. The number of hydrogen-bond acceptors (Lipinski definition) is 6. The standard InChI is InChI=1S/C8H12O6P2.C5H12O4/c9-15(10,11)5-7-1-2-8(4-3-7)6-16(12,13)14;6-1-5(2-7,3-8)4-9/h1-4H,5-6H2,(H2,9,10,11)(H2,12,13,14);6-9H,1-4H2. The Labute approximate surface area is 144 Å². The summed E-state index contributed by atoms with van der Waals surface area (Å²) in [4.78, 5) is 34.9. The zero-order valence-corrected chi connectivity index (χ0v) is 15.1. The van der Waals surface area contributed by atoms with Gasteiger partial charge in [0.15, 0.2) is 0 Å². The second-order valence-electron chi connectivity index (χ2n) is 5.59. The van der Waals surface area contributed by atoms with Crippen LogP contribution in [0, 0.1) is 5.41 Å². The molecule has 0 spiro atoms. The Morgan fingerprint density at radius 3 is 1.00 bits per heavy atom. The molecule has 146 valence electrons. The zero-order chi connectivity index (χ0) is 19.7. The lowest BCUT2D eigenvalue weighted by Crippen LogP contribution is -2.37. The Morgan fingerprint density at radius 2 is 0.880 bits per heavy atom. The number of aliphatic hydroxyl groups is 4. The van der Waals surface area contributed by atoms with Crippen LogP contribution in [-0.2, 0) is 21.5 Å². The molecule has 0 bridgehead atoms. The minimum absolute atomic E-state index is 0.372. The van der Waals surface area contributed by atoms with Crippen molar-refractivity contribution in [3.05, 3.63) is 35.4 Å². The van der Waals surface area contributed by atoms with E-state index in [4.69, 9.17) is 40.0 Å². The maximum Gasteiger partial charge on any atom is 0.329 e. The Kier molecular flexibility index (Phi) is 10.2. The largest absolute Gasteiger partial charge is 0.396 e. The monoisotopic (exact) mass is 402 g/mol. The van der Waals surface area contributed by atoms with E-state index in [0.717, 1.165) is 0 Å². The molecule has 0 saturated carbocycles. The fraction of sp³-hybridized carbons (Fsp3) is 0.538. The topological polar surface area (TPSA) is 196 Å². The fourth-order valence-corrected chi connectivity index (χ4v) is 2.90. The lowest BCUT2D eigenvalue weighted by molar-refractivity contribution is -0.0328. The molecular weight excluding hydrogens is 378 g/mol. The third kappa shape index (κ3) is 10.8. The molecule has 0 fully saturated rings. The maximum atomic E-state index is 10.7. The lowest BCUT2D eigenvalue weighted by Gasteiger charge is -2.23. The molecule has 0 unspecified atom stereocenters. The van der Waals surface area contributed by atoms with Gasteiger partial charge in [-0.05, 0) is 11.1 Å². The van der Waals surface area contributed by atoms with Crippen molar-refractivity contribution in [1.82, 2.24) is 0 Å². The van der Waals surface area contributed by atoms with Crippen molar-refractivity contribution in [1.29, 1.82) is 0 Å². The molecule has 0 aliphatic rings. The average molecular weight is 402 g/mol. The van der Waals surface area contributed by atoms with Crippen LogP contribution in [0.4, 0.5) is 0 Å². The first-order valence-electron chi connectivity index (χ1n) is 7.01. The Bertz CT molecular complexity index is 527.